The maximum Gasteiger partial charge on any atom is 0.245 e. The number of hydrogen-bond donors (Lipinski definition) is 2. The topological polar surface area (TPSA) is 95.2 Å². The second-order valence-electron chi connectivity index (χ2n) is 6.70. The van der Waals surface area contributed by atoms with Crippen LogP contribution in [0.1, 0.15) is 12.8 Å². The van der Waals surface area contributed by atoms with E-state index in [1.807, 2.05) is 24.3 Å². The van der Waals surface area contributed by atoms with Crippen LogP contribution in [0.15, 0.2) is 53.4 Å². The van der Waals surface area contributed by atoms with E-state index in [1.54, 1.807) is 0 Å². The van der Waals surface area contributed by atoms with Gasteiger partial charge in [-0.25, -0.2) is 17.8 Å². The molecule has 0 aliphatic carbocycles. The number of imidazole rings is 1. The van der Waals surface area contributed by atoms with Crippen LogP contribution in [0.3, 0.4) is 0 Å². The number of aromatic nitrogens is 2. The average molecular weight is 402 g/mol. The van der Waals surface area contributed by atoms with E-state index in [0.29, 0.717) is 18.8 Å². The van der Waals surface area contributed by atoms with Crippen LogP contribution in [0, 0.1) is 11.7 Å². The normalized spacial score (nSPS) is 16.3. The minimum absolute atomic E-state index is 0.162. The molecule has 1 aliphatic heterocycles. The number of halogens is 1. The van der Waals surface area contributed by atoms with Crippen LogP contribution in [0.2, 0.25) is 0 Å². The van der Waals surface area contributed by atoms with E-state index in [0.717, 1.165) is 17.1 Å². The highest BCUT2D eigenvalue weighted by atomic mass is 32.2. The number of sulfonamides is 1. The first kappa shape index (κ1) is 18.6. The van der Waals surface area contributed by atoms with Crippen LogP contribution in [0.4, 0.5) is 10.3 Å². The number of hydrogen-bond acceptors (Lipinski definition) is 4. The maximum absolute atomic E-state index is 13.9. The fourth-order valence-electron chi connectivity index (χ4n) is 3.38. The van der Waals surface area contributed by atoms with Crippen LogP contribution in [-0.2, 0) is 14.8 Å². The molecule has 2 heterocycles. The van der Waals surface area contributed by atoms with Crippen molar-refractivity contribution in [3.63, 3.8) is 0 Å². The summed E-state index contributed by atoms with van der Waals surface area (Å²) in [4.78, 5) is 19.5. The standard InChI is InChI=1S/C19H19FN4O3S/c20-14-5-1-4-8-17(14)28(26,27)24-11-9-13(10-12-24)18(25)23-19-21-15-6-2-3-7-16(15)22-19/h1-8,13H,9-12H2,(H2,21,22,23,25). The lowest BCUT2D eigenvalue weighted by atomic mass is 9.97. The molecular formula is C19H19FN4O3S. The highest BCUT2D eigenvalue weighted by Crippen LogP contribution is 2.26. The minimum Gasteiger partial charge on any atom is -0.324 e. The van der Waals surface area contributed by atoms with E-state index in [-0.39, 0.29) is 29.8 Å². The van der Waals surface area contributed by atoms with Gasteiger partial charge in [0, 0.05) is 19.0 Å². The van der Waals surface area contributed by atoms with Crippen molar-refractivity contribution in [2.24, 2.45) is 5.92 Å². The zero-order valence-electron chi connectivity index (χ0n) is 14.9. The Morgan fingerprint density at radius 2 is 1.79 bits per heavy atom. The molecule has 9 heteroatoms. The third kappa shape index (κ3) is 3.50. The van der Waals surface area contributed by atoms with Gasteiger partial charge in [0.15, 0.2) is 0 Å². The van der Waals surface area contributed by atoms with Crippen LogP contribution in [0.5, 0.6) is 0 Å². The van der Waals surface area contributed by atoms with E-state index in [2.05, 4.69) is 15.3 Å². The van der Waals surface area contributed by atoms with Gasteiger partial charge in [-0.2, -0.15) is 4.31 Å². The van der Waals surface area contributed by atoms with Crippen molar-refractivity contribution < 1.29 is 17.6 Å². The van der Waals surface area contributed by atoms with Crippen molar-refractivity contribution in [3.05, 3.63) is 54.3 Å². The third-order valence-corrected chi connectivity index (χ3v) is 6.84. The van der Waals surface area contributed by atoms with Crippen molar-refractivity contribution in [1.29, 1.82) is 0 Å². The second kappa shape index (κ2) is 7.33. The van der Waals surface area contributed by atoms with Crippen molar-refractivity contribution >= 4 is 32.9 Å². The first-order valence-electron chi connectivity index (χ1n) is 8.95. The molecule has 2 N–H and O–H groups in total. The molecule has 1 saturated heterocycles. The molecule has 0 unspecified atom stereocenters. The van der Waals surface area contributed by atoms with Crippen molar-refractivity contribution in [2.75, 3.05) is 18.4 Å². The Bertz CT molecular complexity index is 1090. The molecule has 0 spiro atoms. The van der Waals surface area contributed by atoms with Gasteiger partial charge < -0.3 is 4.98 Å². The number of anilines is 1. The lowest BCUT2D eigenvalue weighted by molar-refractivity contribution is -0.120. The number of carbonyl (C=O) groups is 1. The third-order valence-electron chi connectivity index (χ3n) is 4.91. The maximum atomic E-state index is 13.9. The number of benzene rings is 2. The summed E-state index contributed by atoms with van der Waals surface area (Å²) in [6, 6.07) is 12.8. The SMILES string of the molecule is O=C(Nc1nc2ccccc2[nH]1)C1CCN(S(=O)(=O)c2ccccc2F)CC1. The fourth-order valence-corrected chi connectivity index (χ4v) is 4.92. The van der Waals surface area contributed by atoms with Gasteiger partial charge in [0.05, 0.1) is 11.0 Å². The second-order valence-corrected chi connectivity index (χ2v) is 8.61. The molecule has 1 aliphatic rings. The number of piperidine rings is 1. The van der Waals surface area contributed by atoms with Gasteiger partial charge in [0.1, 0.15) is 10.7 Å². The van der Waals surface area contributed by atoms with Crippen molar-refractivity contribution in [2.45, 2.75) is 17.7 Å². The summed E-state index contributed by atoms with van der Waals surface area (Å²) in [7, 11) is -3.91. The first-order chi connectivity index (χ1) is 13.4. The van der Waals surface area contributed by atoms with Gasteiger partial charge in [-0.3, -0.25) is 10.1 Å². The largest absolute Gasteiger partial charge is 0.324 e. The van der Waals surface area contributed by atoms with Crippen LogP contribution < -0.4 is 5.32 Å². The minimum atomic E-state index is -3.91. The number of fused-ring (bicyclic) bond motifs is 1. The molecule has 0 saturated carbocycles. The molecule has 7 nitrogen and oxygen atoms in total. The summed E-state index contributed by atoms with van der Waals surface area (Å²) >= 11 is 0. The monoisotopic (exact) mass is 402 g/mol. The van der Waals surface area contributed by atoms with E-state index in [4.69, 9.17) is 0 Å². The Morgan fingerprint density at radius 1 is 1.11 bits per heavy atom. The van der Waals surface area contributed by atoms with Gasteiger partial charge in [0.25, 0.3) is 0 Å². The highest BCUT2D eigenvalue weighted by molar-refractivity contribution is 7.89. The number of amides is 1. The lowest BCUT2D eigenvalue weighted by Crippen LogP contribution is -2.41. The molecule has 1 fully saturated rings. The Labute approximate surface area is 161 Å². The molecule has 0 bridgehead atoms. The molecular weight excluding hydrogens is 383 g/mol. The summed E-state index contributed by atoms with van der Waals surface area (Å²) in [5.41, 5.74) is 1.58. The van der Waals surface area contributed by atoms with Crippen molar-refractivity contribution in [3.8, 4) is 0 Å². The fraction of sp³-hybridized carbons (Fsp3) is 0.263. The smallest absolute Gasteiger partial charge is 0.245 e. The molecule has 0 radical (unpaired) electrons. The van der Waals surface area contributed by atoms with E-state index in [1.165, 1.54) is 22.5 Å². The van der Waals surface area contributed by atoms with Crippen molar-refractivity contribution in [1.82, 2.24) is 14.3 Å². The van der Waals surface area contributed by atoms with E-state index >= 15 is 0 Å². The zero-order chi connectivity index (χ0) is 19.7. The molecule has 3 aromatic rings. The van der Waals surface area contributed by atoms with E-state index < -0.39 is 15.8 Å². The summed E-state index contributed by atoms with van der Waals surface area (Å²) in [5, 5.41) is 2.76. The van der Waals surface area contributed by atoms with Gasteiger partial charge >= 0.3 is 0 Å². The first-order valence-corrected chi connectivity index (χ1v) is 10.4. The lowest BCUT2D eigenvalue weighted by Gasteiger charge is -2.30. The predicted molar refractivity (Wildman–Crippen MR) is 103 cm³/mol. The number of H-pyrrole nitrogens is 1. The number of nitrogens with one attached hydrogen (secondary N) is 2. The van der Waals surface area contributed by atoms with Gasteiger partial charge in [-0.1, -0.05) is 24.3 Å². The van der Waals surface area contributed by atoms with E-state index in [9.17, 15) is 17.6 Å². The Hall–Kier alpha value is -2.78. The molecule has 2 aromatic carbocycles. The van der Waals surface area contributed by atoms with Crippen LogP contribution in [0.25, 0.3) is 11.0 Å². The zero-order valence-corrected chi connectivity index (χ0v) is 15.7. The molecule has 0 atom stereocenters. The molecule has 4 rings (SSSR count). The molecule has 1 amide bonds. The number of para-hydroxylation sites is 2. The van der Waals surface area contributed by atoms with Gasteiger partial charge in [-0.05, 0) is 37.1 Å². The number of rotatable bonds is 4. The van der Waals surface area contributed by atoms with Gasteiger partial charge in [-0.15, -0.1) is 0 Å². The average Bonchev–Trinajstić information content (AvgIpc) is 3.10. The highest BCUT2D eigenvalue weighted by Gasteiger charge is 2.33. The van der Waals surface area contributed by atoms with Crippen LogP contribution >= 0.6 is 0 Å². The molecule has 1 aromatic heterocycles. The summed E-state index contributed by atoms with van der Waals surface area (Å²) in [6.45, 7) is 0.323. The van der Waals surface area contributed by atoms with Crippen LogP contribution in [-0.4, -0.2) is 41.7 Å². The molecule has 28 heavy (non-hydrogen) atoms. The predicted octanol–water partition coefficient (Wildman–Crippen LogP) is 2.74. The Balaban J connectivity index is 1.41. The Morgan fingerprint density at radius 3 is 2.50 bits per heavy atom. The Kier molecular flexibility index (Phi) is 4.86. The number of aromatic amines is 1. The quantitative estimate of drug-likeness (QED) is 0.702. The summed E-state index contributed by atoms with van der Waals surface area (Å²) < 4.78 is 40.4. The summed E-state index contributed by atoms with van der Waals surface area (Å²) in [5.74, 6) is -0.942. The number of carbonyl (C=O) groups excluding carboxylic acids is 1. The van der Waals surface area contributed by atoms with Gasteiger partial charge in [0.2, 0.25) is 21.9 Å². The number of nitrogens with zero attached hydrogens (tertiary/aromatic N) is 2. The molecule has 146 valence electrons. The summed E-state index contributed by atoms with van der Waals surface area (Å²) in [6.07, 6.45) is 0.722.